The van der Waals surface area contributed by atoms with Crippen LogP contribution in [0.1, 0.15) is 30.1 Å². The van der Waals surface area contributed by atoms with Gasteiger partial charge in [-0.1, -0.05) is 25.4 Å². The monoisotopic (exact) mass is 297 g/mol. The Hall–Kier alpha value is -0.710. The summed E-state index contributed by atoms with van der Waals surface area (Å²) in [6, 6.07) is 0. The van der Waals surface area contributed by atoms with Crippen molar-refractivity contribution in [3.8, 4) is 0 Å². The van der Waals surface area contributed by atoms with Crippen molar-refractivity contribution in [1.82, 2.24) is 14.9 Å². The second-order valence-corrected chi connectivity index (χ2v) is 7.05. The molecule has 0 saturated carbocycles. The van der Waals surface area contributed by atoms with Gasteiger partial charge in [-0.25, -0.2) is 9.97 Å². The average Bonchev–Trinajstić information content (AvgIpc) is 2.53. The third kappa shape index (κ3) is 3.25. The van der Waals surface area contributed by atoms with Crippen LogP contribution in [0.3, 0.4) is 0 Å². The molecular formula is C14H20ClN3S. The van der Waals surface area contributed by atoms with E-state index >= 15 is 0 Å². The molecule has 0 aliphatic heterocycles. The summed E-state index contributed by atoms with van der Waals surface area (Å²) >= 11 is 8.00. The van der Waals surface area contributed by atoms with E-state index in [1.807, 2.05) is 0 Å². The van der Waals surface area contributed by atoms with Gasteiger partial charge in [-0.05, 0) is 32.4 Å². The zero-order valence-electron chi connectivity index (χ0n) is 12.1. The molecule has 0 aromatic carbocycles. The molecule has 2 rings (SSSR count). The summed E-state index contributed by atoms with van der Waals surface area (Å²) in [7, 11) is 2.09. The quantitative estimate of drug-likeness (QED) is 0.797. The number of fused-ring (bicyclic) bond motifs is 1. The summed E-state index contributed by atoms with van der Waals surface area (Å²) < 4.78 is 0. The van der Waals surface area contributed by atoms with Crippen molar-refractivity contribution >= 4 is 33.2 Å². The van der Waals surface area contributed by atoms with Crippen LogP contribution in [0.15, 0.2) is 0 Å². The topological polar surface area (TPSA) is 29.0 Å². The van der Waals surface area contributed by atoms with E-state index in [1.54, 1.807) is 11.3 Å². The fourth-order valence-electron chi connectivity index (χ4n) is 2.24. The van der Waals surface area contributed by atoms with Gasteiger partial charge in [0.15, 0.2) is 0 Å². The van der Waals surface area contributed by atoms with Gasteiger partial charge in [-0.2, -0.15) is 0 Å². The summed E-state index contributed by atoms with van der Waals surface area (Å²) in [4.78, 5) is 13.6. The van der Waals surface area contributed by atoms with Gasteiger partial charge in [0, 0.05) is 11.4 Å². The van der Waals surface area contributed by atoms with E-state index in [9.17, 15) is 0 Å². The van der Waals surface area contributed by atoms with E-state index in [1.165, 1.54) is 10.4 Å². The standard InChI is InChI=1S/C14H20ClN3S/c1-8(2)6-18(5)7-11-16-13(15)12-9(3)10(4)19-14(12)17-11/h8H,6-7H2,1-5H3. The van der Waals surface area contributed by atoms with Gasteiger partial charge in [-0.3, -0.25) is 4.90 Å². The number of aromatic nitrogens is 2. The predicted molar refractivity (Wildman–Crippen MR) is 83.1 cm³/mol. The average molecular weight is 298 g/mol. The first kappa shape index (κ1) is 14.7. The predicted octanol–water partition coefficient (Wildman–Crippen LogP) is 4.05. The molecule has 0 atom stereocenters. The van der Waals surface area contributed by atoms with Crippen molar-refractivity contribution in [1.29, 1.82) is 0 Å². The highest BCUT2D eigenvalue weighted by Crippen LogP contribution is 2.32. The van der Waals surface area contributed by atoms with Gasteiger partial charge < -0.3 is 0 Å². The van der Waals surface area contributed by atoms with Crippen molar-refractivity contribution in [3.63, 3.8) is 0 Å². The molecular weight excluding hydrogens is 278 g/mol. The van der Waals surface area contributed by atoms with Crippen molar-refractivity contribution in [2.75, 3.05) is 13.6 Å². The molecule has 2 heterocycles. The number of halogens is 1. The Bertz CT molecular complexity index is 592. The van der Waals surface area contributed by atoms with E-state index in [2.05, 4.69) is 49.6 Å². The maximum Gasteiger partial charge on any atom is 0.145 e. The Morgan fingerprint density at radius 1 is 1.26 bits per heavy atom. The first-order chi connectivity index (χ1) is 8.88. The van der Waals surface area contributed by atoms with E-state index in [-0.39, 0.29) is 0 Å². The third-order valence-electron chi connectivity index (χ3n) is 3.12. The fraction of sp³-hybridized carbons (Fsp3) is 0.571. The largest absolute Gasteiger partial charge is 0.299 e. The van der Waals surface area contributed by atoms with Gasteiger partial charge in [0.2, 0.25) is 0 Å². The van der Waals surface area contributed by atoms with Crippen LogP contribution in [0.2, 0.25) is 5.15 Å². The van der Waals surface area contributed by atoms with Crippen molar-refractivity contribution in [3.05, 3.63) is 21.4 Å². The second kappa shape index (κ2) is 5.73. The first-order valence-electron chi connectivity index (χ1n) is 6.49. The van der Waals surface area contributed by atoms with E-state index < -0.39 is 0 Å². The molecule has 0 unspecified atom stereocenters. The SMILES string of the molecule is Cc1sc2nc(CN(C)CC(C)C)nc(Cl)c2c1C. The molecule has 0 N–H and O–H groups in total. The molecule has 0 aliphatic rings. The van der Waals surface area contributed by atoms with Crippen LogP contribution >= 0.6 is 22.9 Å². The van der Waals surface area contributed by atoms with Crippen LogP contribution in [-0.2, 0) is 6.54 Å². The Morgan fingerprint density at radius 3 is 2.58 bits per heavy atom. The van der Waals surface area contributed by atoms with E-state index in [4.69, 9.17) is 11.6 Å². The molecule has 5 heteroatoms. The maximum absolute atomic E-state index is 6.31. The molecule has 104 valence electrons. The molecule has 3 nitrogen and oxygen atoms in total. The molecule has 0 amide bonds. The summed E-state index contributed by atoms with van der Waals surface area (Å²) in [5, 5.41) is 1.60. The summed E-state index contributed by atoms with van der Waals surface area (Å²) in [6.07, 6.45) is 0. The smallest absolute Gasteiger partial charge is 0.145 e. The van der Waals surface area contributed by atoms with Crippen LogP contribution in [0.4, 0.5) is 0 Å². The Morgan fingerprint density at radius 2 is 1.95 bits per heavy atom. The molecule has 19 heavy (non-hydrogen) atoms. The molecule has 0 bridgehead atoms. The lowest BCUT2D eigenvalue weighted by Crippen LogP contribution is -2.23. The highest BCUT2D eigenvalue weighted by molar-refractivity contribution is 7.18. The molecule has 0 radical (unpaired) electrons. The van der Waals surface area contributed by atoms with Gasteiger partial charge >= 0.3 is 0 Å². The maximum atomic E-state index is 6.31. The lowest BCUT2D eigenvalue weighted by molar-refractivity contribution is 0.282. The zero-order chi connectivity index (χ0) is 14.2. The highest BCUT2D eigenvalue weighted by atomic mass is 35.5. The minimum Gasteiger partial charge on any atom is -0.299 e. The number of thiophene rings is 1. The van der Waals surface area contributed by atoms with Crippen LogP contribution in [0.5, 0.6) is 0 Å². The van der Waals surface area contributed by atoms with Crippen LogP contribution < -0.4 is 0 Å². The van der Waals surface area contributed by atoms with Crippen LogP contribution in [0.25, 0.3) is 10.2 Å². The fourth-order valence-corrected chi connectivity index (χ4v) is 3.68. The number of rotatable bonds is 4. The zero-order valence-corrected chi connectivity index (χ0v) is 13.7. The van der Waals surface area contributed by atoms with Crippen molar-refractivity contribution < 1.29 is 0 Å². The summed E-state index contributed by atoms with van der Waals surface area (Å²) in [6.45, 7) is 10.4. The molecule has 2 aromatic rings. The van der Waals surface area contributed by atoms with E-state index in [0.717, 1.165) is 29.1 Å². The van der Waals surface area contributed by atoms with Crippen LogP contribution in [0, 0.1) is 19.8 Å². The van der Waals surface area contributed by atoms with Gasteiger partial charge in [0.05, 0.1) is 11.9 Å². The summed E-state index contributed by atoms with van der Waals surface area (Å²) in [5.41, 5.74) is 1.20. The molecule has 2 aromatic heterocycles. The minimum absolute atomic E-state index is 0.583. The molecule has 0 saturated heterocycles. The Kier molecular flexibility index (Phi) is 4.43. The van der Waals surface area contributed by atoms with Gasteiger partial charge in [0.25, 0.3) is 0 Å². The number of aryl methyl sites for hydroxylation is 2. The Balaban J connectivity index is 2.31. The Labute approximate surface area is 123 Å². The molecule has 0 aliphatic carbocycles. The second-order valence-electron chi connectivity index (χ2n) is 5.48. The lowest BCUT2D eigenvalue weighted by atomic mass is 10.2. The summed E-state index contributed by atoms with van der Waals surface area (Å²) in [5.74, 6) is 1.44. The van der Waals surface area contributed by atoms with Gasteiger partial charge in [-0.15, -0.1) is 11.3 Å². The lowest BCUT2D eigenvalue weighted by Gasteiger charge is -2.17. The first-order valence-corrected chi connectivity index (χ1v) is 7.68. The highest BCUT2D eigenvalue weighted by Gasteiger charge is 2.14. The number of nitrogens with zero attached hydrogens (tertiary/aromatic N) is 3. The normalized spacial score (nSPS) is 12.0. The van der Waals surface area contributed by atoms with Crippen molar-refractivity contribution in [2.24, 2.45) is 5.92 Å². The number of hydrogen-bond donors (Lipinski definition) is 0. The van der Waals surface area contributed by atoms with Gasteiger partial charge in [0.1, 0.15) is 15.8 Å². The number of hydrogen-bond acceptors (Lipinski definition) is 4. The van der Waals surface area contributed by atoms with E-state index in [0.29, 0.717) is 11.1 Å². The van der Waals surface area contributed by atoms with Crippen LogP contribution in [-0.4, -0.2) is 28.5 Å². The molecule has 0 fully saturated rings. The van der Waals surface area contributed by atoms with Crippen molar-refractivity contribution in [2.45, 2.75) is 34.2 Å². The minimum atomic E-state index is 0.583. The molecule has 0 spiro atoms. The third-order valence-corrected chi connectivity index (χ3v) is 4.49.